The second kappa shape index (κ2) is 9.87. The molecule has 7 heteroatoms. The van der Waals surface area contributed by atoms with Gasteiger partial charge in [0.05, 0.1) is 24.1 Å². The Balaban J connectivity index is 1.64. The van der Waals surface area contributed by atoms with Crippen LogP contribution in [0.25, 0.3) is 0 Å². The Labute approximate surface area is 190 Å². The molecule has 0 aliphatic carbocycles. The maximum Gasteiger partial charge on any atom is 0.264 e. The molecule has 32 heavy (non-hydrogen) atoms. The lowest BCUT2D eigenvalue weighted by Crippen LogP contribution is -2.28. The Bertz CT molecular complexity index is 1160. The lowest BCUT2D eigenvalue weighted by molar-refractivity contribution is -0.129. The molecule has 0 N–H and O–H groups in total. The van der Waals surface area contributed by atoms with Crippen LogP contribution in [-0.2, 0) is 27.8 Å². The molecule has 3 aromatic carbocycles. The van der Waals surface area contributed by atoms with Crippen molar-refractivity contribution in [3.63, 3.8) is 0 Å². The molecule has 0 radical (unpaired) electrons. The summed E-state index contributed by atoms with van der Waals surface area (Å²) in [6.07, 6.45) is 0.237. The van der Waals surface area contributed by atoms with Crippen molar-refractivity contribution in [3.05, 3.63) is 89.5 Å². The normalized spacial score (nSPS) is 11.1. The van der Waals surface area contributed by atoms with Crippen LogP contribution in [0.2, 0.25) is 0 Å². The molecule has 0 saturated carbocycles. The number of hydrogen-bond acceptors (Lipinski definition) is 4. The number of benzene rings is 3. The van der Waals surface area contributed by atoms with E-state index >= 15 is 0 Å². The number of nitrogens with zero attached hydrogens (tertiary/aromatic N) is 2. The van der Waals surface area contributed by atoms with E-state index in [2.05, 4.69) is 0 Å². The molecule has 0 spiro atoms. The van der Waals surface area contributed by atoms with Crippen LogP contribution in [-0.4, -0.2) is 40.4 Å². The monoisotopic (exact) mass is 452 g/mol. The molecule has 1 amide bonds. The number of hydrogen-bond donors (Lipinski definition) is 0. The zero-order valence-corrected chi connectivity index (χ0v) is 19.6. The molecule has 3 rings (SSSR count). The van der Waals surface area contributed by atoms with Crippen LogP contribution < -0.4 is 9.04 Å². The van der Waals surface area contributed by atoms with E-state index in [1.807, 2.05) is 31.2 Å². The predicted octanol–water partition coefficient (Wildman–Crippen LogP) is 4.03. The maximum atomic E-state index is 12.9. The van der Waals surface area contributed by atoms with Crippen LogP contribution in [0.1, 0.15) is 16.7 Å². The average molecular weight is 453 g/mol. The van der Waals surface area contributed by atoms with E-state index < -0.39 is 10.0 Å². The van der Waals surface area contributed by atoms with Gasteiger partial charge in [0.1, 0.15) is 5.75 Å². The first kappa shape index (κ1) is 23.3. The summed E-state index contributed by atoms with van der Waals surface area (Å²) in [5.74, 6) is 0.756. The zero-order chi connectivity index (χ0) is 23.3. The third kappa shape index (κ3) is 5.48. The summed E-state index contributed by atoms with van der Waals surface area (Å²) in [6, 6.07) is 21.4. The summed E-state index contributed by atoms with van der Waals surface area (Å²) in [6.45, 7) is 2.41. The molecule has 0 atom stereocenters. The van der Waals surface area contributed by atoms with Crippen molar-refractivity contribution in [1.29, 1.82) is 0 Å². The Morgan fingerprint density at radius 3 is 1.97 bits per heavy atom. The standard InChI is InChI=1S/C25H28N2O4S/c1-19-5-15-24(16-6-19)32(29,30)27(3)22-11-7-20(8-12-22)17-25(28)26(2)18-21-9-13-23(31-4)14-10-21/h5-16H,17-18H2,1-4H3. The molecule has 0 fully saturated rings. The average Bonchev–Trinajstić information content (AvgIpc) is 2.79. The quantitative estimate of drug-likeness (QED) is 0.518. The lowest BCUT2D eigenvalue weighted by Gasteiger charge is -2.20. The van der Waals surface area contributed by atoms with E-state index in [1.165, 1.54) is 11.4 Å². The molecular formula is C25H28N2O4S. The number of ether oxygens (including phenoxy) is 1. The van der Waals surface area contributed by atoms with Gasteiger partial charge in [0.25, 0.3) is 10.0 Å². The number of rotatable bonds is 8. The predicted molar refractivity (Wildman–Crippen MR) is 126 cm³/mol. The first-order chi connectivity index (χ1) is 15.2. The fourth-order valence-electron chi connectivity index (χ4n) is 3.23. The molecule has 0 aromatic heterocycles. The first-order valence-electron chi connectivity index (χ1n) is 10.2. The number of sulfonamides is 1. The zero-order valence-electron chi connectivity index (χ0n) is 18.8. The van der Waals surface area contributed by atoms with E-state index in [1.54, 1.807) is 67.6 Å². The summed E-state index contributed by atoms with van der Waals surface area (Å²) in [5, 5.41) is 0. The fourth-order valence-corrected chi connectivity index (χ4v) is 4.43. The lowest BCUT2D eigenvalue weighted by atomic mass is 10.1. The van der Waals surface area contributed by atoms with E-state index in [0.717, 1.165) is 22.4 Å². The third-order valence-corrected chi connectivity index (χ3v) is 7.14. The van der Waals surface area contributed by atoms with E-state index in [9.17, 15) is 13.2 Å². The van der Waals surface area contributed by atoms with Gasteiger partial charge >= 0.3 is 0 Å². The number of amides is 1. The van der Waals surface area contributed by atoms with Crippen molar-refractivity contribution in [2.75, 3.05) is 25.5 Å². The molecule has 6 nitrogen and oxygen atoms in total. The molecule has 0 saturated heterocycles. The van der Waals surface area contributed by atoms with Crippen molar-refractivity contribution < 1.29 is 17.9 Å². The van der Waals surface area contributed by atoms with Gasteiger partial charge in [0, 0.05) is 20.6 Å². The van der Waals surface area contributed by atoms with Gasteiger partial charge < -0.3 is 9.64 Å². The van der Waals surface area contributed by atoms with Crippen molar-refractivity contribution >= 4 is 21.6 Å². The van der Waals surface area contributed by atoms with Crippen LogP contribution in [0.3, 0.4) is 0 Å². The van der Waals surface area contributed by atoms with Gasteiger partial charge in [-0.2, -0.15) is 0 Å². The Morgan fingerprint density at radius 1 is 0.844 bits per heavy atom. The van der Waals surface area contributed by atoms with Crippen LogP contribution in [0.15, 0.2) is 77.7 Å². The van der Waals surface area contributed by atoms with Gasteiger partial charge in [-0.25, -0.2) is 8.42 Å². The number of carbonyl (C=O) groups excluding carboxylic acids is 1. The number of anilines is 1. The molecular weight excluding hydrogens is 424 g/mol. The second-order valence-corrected chi connectivity index (χ2v) is 9.70. The third-order valence-electron chi connectivity index (χ3n) is 5.34. The summed E-state index contributed by atoms with van der Waals surface area (Å²) in [4.78, 5) is 14.5. The molecule has 0 aliphatic rings. The van der Waals surface area contributed by atoms with Crippen LogP contribution >= 0.6 is 0 Å². The number of carbonyl (C=O) groups is 1. The maximum absolute atomic E-state index is 12.9. The smallest absolute Gasteiger partial charge is 0.264 e. The van der Waals surface area contributed by atoms with Gasteiger partial charge in [-0.15, -0.1) is 0 Å². The number of aryl methyl sites for hydroxylation is 1. The highest BCUT2D eigenvalue weighted by molar-refractivity contribution is 7.92. The van der Waals surface area contributed by atoms with Gasteiger partial charge in [0.2, 0.25) is 5.91 Å². The fraction of sp³-hybridized carbons (Fsp3) is 0.240. The molecule has 0 unspecified atom stereocenters. The van der Waals surface area contributed by atoms with Gasteiger partial charge in [-0.1, -0.05) is 42.0 Å². The van der Waals surface area contributed by atoms with Gasteiger partial charge in [-0.3, -0.25) is 9.10 Å². The minimum absolute atomic E-state index is 0.0193. The van der Waals surface area contributed by atoms with E-state index in [0.29, 0.717) is 12.2 Å². The van der Waals surface area contributed by atoms with Crippen LogP contribution in [0.4, 0.5) is 5.69 Å². The molecule has 0 aliphatic heterocycles. The second-order valence-electron chi connectivity index (χ2n) is 7.73. The Kier molecular flexibility index (Phi) is 7.20. The van der Waals surface area contributed by atoms with Crippen LogP contribution in [0, 0.1) is 6.92 Å². The van der Waals surface area contributed by atoms with E-state index in [4.69, 9.17) is 4.74 Å². The van der Waals surface area contributed by atoms with E-state index in [-0.39, 0.29) is 17.2 Å². The molecule has 168 valence electrons. The Hall–Kier alpha value is -3.32. The number of likely N-dealkylation sites (N-methyl/N-ethyl adjacent to an activating group) is 1. The summed E-state index contributed by atoms with van der Waals surface area (Å²) >= 11 is 0. The molecule has 3 aromatic rings. The summed E-state index contributed by atoms with van der Waals surface area (Å²) in [7, 11) is 1.26. The van der Waals surface area contributed by atoms with Gasteiger partial charge in [-0.05, 0) is 54.4 Å². The highest BCUT2D eigenvalue weighted by Gasteiger charge is 2.21. The molecule has 0 bridgehead atoms. The van der Waals surface area contributed by atoms with Crippen molar-refractivity contribution in [2.24, 2.45) is 0 Å². The minimum atomic E-state index is -3.65. The highest BCUT2D eigenvalue weighted by atomic mass is 32.2. The van der Waals surface area contributed by atoms with Crippen molar-refractivity contribution in [1.82, 2.24) is 4.90 Å². The summed E-state index contributed by atoms with van der Waals surface area (Å²) in [5.41, 5.74) is 3.37. The SMILES string of the molecule is COc1ccc(CN(C)C(=O)Cc2ccc(N(C)S(=O)(=O)c3ccc(C)cc3)cc2)cc1. The number of methoxy groups -OCH3 is 1. The Morgan fingerprint density at radius 2 is 1.41 bits per heavy atom. The van der Waals surface area contributed by atoms with Crippen molar-refractivity contribution in [2.45, 2.75) is 24.8 Å². The molecule has 0 heterocycles. The summed E-state index contributed by atoms with van der Waals surface area (Å²) < 4.78 is 32.1. The first-order valence-corrected chi connectivity index (χ1v) is 11.7. The topological polar surface area (TPSA) is 66.9 Å². The largest absolute Gasteiger partial charge is 0.497 e. The highest BCUT2D eigenvalue weighted by Crippen LogP contribution is 2.23. The van der Waals surface area contributed by atoms with Gasteiger partial charge in [0.15, 0.2) is 0 Å². The minimum Gasteiger partial charge on any atom is -0.497 e. The van der Waals surface area contributed by atoms with Crippen LogP contribution in [0.5, 0.6) is 5.75 Å². The van der Waals surface area contributed by atoms with Crippen molar-refractivity contribution in [3.8, 4) is 5.75 Å².